The molecule has 0 saturated carbocycles. The molecule has 0 unspecified atom stereocenters. The van der Waals surface area contributed by atoms with Crippen molar-refractivity contribution in [1.82, 2.24) is 0 Å². The van der Waals surface area contributed by atoms with Crippen LogP contribution in [0.25, 0.3) is 0 Å². The minimum Gasteiger partial charge on any atom is -0.377 e. The zero-order valence-electron chi connectivity index (χ0n) is 8.08. The van der Waals surface area contributed by atoms with Crippen molar-refractivity contribution >= 4 is 15.6 Å². The summed E-state index contributed by atoms with van der Waals surface area (Å²) < 4.78 is 26.9. The standard InChI is InChI=1S/C8H16O4S/c1-3-4-5-13(10,11)7-8(9)6-12-2/h3-7H2,1-2H3. The minimum atomic E-state index is -3.19. The molecule has 0 atom stereocenters. The molecule has 0 rings (SSSR count). The summed E-state index contributed by atoms with van der Waals surface area (Å²) in [4.78, 5) is 10.9. The molecule has 0 bridgehead atoms. The number of sulfone groups is 1. The summed E-state index contributed by atoms with van der Waals surface area (Å²) in [6, 6.07) is 0. The molecule has 0 aliphatic heterocycles. The van der Waals surface area contributed by atoms with Crippen LogP contribution < -0.4 is 0 Å². The minimum absolute atomic E-state index is 0.0962. The van der Waals surface area contributed by atoms with Gasteiger partial charge in [-0.2, -0.15) is 0 Å². The fraction of sp³-hybridized carbons (Fsp3) is 0.875. The molecule has 0 heterocycles. The maximum Gasteiger partial charge on any atom is 0.173 e. The summed E-state index contributed by atoms with van der Waals surface area (Å²) in [7, 11) is -1.82. The Bertz CT molecular complexity index is 243. The van der Waals surface area contributed by atoms with Gasteiger partial charge in [0.2, 0.25) is 0 Å². The quantitative estimate of drug-likeness (QED) is 0.608. The van der Waals surface area contributed by atoms with E-state index >= 15 is 0 Å². The predicted molar refractivity (Wildman–Crippen MR) is 50.4 cm³/mol. The summed E-state index contributed by atoms with van der Waals surface area (Å²) in [5.74, 6) is -0.668. The van der Waals surface area contributed by atoms with Gasteiger partial charge < -0.3 is 4.74 Å². The lowest BCUT2D eigenvalue weighted by Gasteiger charge is -2.01. The van der Waals surface area contributed by atoms with Crippen LogP contribution in [-0.2, 0) is 19.4 Å². The molecule has 0 aromatic carbocycles. The first-order valence-electron chi connectivity index (χ1n) is 4.23. The van der Waals surface area contributed by atoms with E-state index in [0.29, 0.717) is 6.42 Å². The Balaban J connectivity index is 3.95. The number of Topliss-reactive ketones (excluding diaryl/α,β-unsaturated/α-hetero) is 1. The van der Waals surface area contributed by atoms with E-state index in [1.807, 2.05) is 6.92 Å². The molecule has 13 heavy (non-hydrogen) atoms. The molecule has 0 N–H and O–H groups in total. The van der Waals surface area contributed by atoms with E-state index in [1.54, 1.807) is 0 Å². The number of ether oxygens (including phenoxy) is 1. The molecule has 0 fully saturated rings. The molecule has 0 radical (unpaired) electrons. The molecule has 0 aliphatic rings. The van der Waals surface area contributed by atoms with Gasteiger partial charge in [0.05, 0.1) is 5.75 Å². The second-order valence-electron chi connectivity index (χ2n) is 2.92. The molecular weight excluding hydrogens is 192 g/mol. The Morgan fingerprint density at radius 2 is 2.00 bits per heavy atom. The summed E-state index contributed by atoms with van der Waals surface area (Å²) in [6.07, 6.45) is 1.43. The average molecular weight is 208 g/mol. The van der Waals surface area contributed by atoms with E-state index in [-0.39, 0.29) is 23.9 Å². The molecule has 0 spiro atoms. The van der Waals surface area contributed by atoms with Gasteiger partial charge in [0.15, 0.2) is 15.6 Å². The molecule has 0 saturated heterocycles. The monoisotopic (exact) mass is 208 g/mol. The van der Waals surface area contributed by atoms with E-state index < -0.39 is 9.84 Å². The first kappa shape index (κ1) is 12.6. The lowest BCUT2D eigenvalue weighted by molar-refractivity contribution is -0.120. The number of carbonyl (C=O) groups excluding carboxylic acids is 1. The normalized spacial score (nSPS) is 11.5. The highest BCUT2D eigenvalue weighted by atomic mass is 32.2. The zero-order chi connectivity index (χ0) is 10.3. The number of carbonyl (C=O) groups is 1. The molecule has 0 amide bonds. The lowest BCUT2D eigenvalue weighted by Crippen LogP contribution is -2.21. The van der Waals surface area contributed by atoms with Gasteiger partial charge in [-0.15, -0.1) is 0 Å². The largest absolute Gasteiger partial charge is 0.377 e. The Labute approximate surface area is 79.2 Å². The fourth-order valence-electron chi connectivity index (χ4n) is 0.884. The van der Waals surface area contributed by atoms with Crippen LogP contribution in [0.15, 0.2) is 0 Å². The molecular formula is C8H16O4S. The van der Waals surface area contributed by atoms with Crippen LogP contribution in [-0.4, -0.2) is 39.4 Å². The molecule has 0 aliphatic carbocycles. The first-order valence-corrected chi connectivity index (χ1v) is 6.05. The van der Waals surface area contributed by atoms with Gasteiger partial charge in [0.1, 0.15) is 12.4 Å². The zero-order valence-corrected chi connectivity index (χ0v) is 8.89. The van der Waals surface area contributed by atoms with E-state index in [0.717, 1.165) is 6.42 Å². The van der Waals surface area contributed by atoms with Crippen LogP contribution in [0.3, 0.4) is 0 Å². The van der Waals surface area contributed by atoms with Gasteiger partial charge in [-0.25, -0.2) is 8.42 Å². The summed E-state index contributed by atoms with van der Waals surface area (Å²) in [6.45, 7) is 1.79. The van der Waals surface area contributed by atoms with Gasteiger partial charge in [-0.1, -0.05) is 13.3 Å². The number of rotatable bonds is 7. The molecule has 78 valence electrons. The maximum absolute atomic E-state index is 11.2. The van der Waals surface area contributed by atoms with Crippen LogP contribution in [0.2, 0.25) is 0 Å². The van der Waals surface area contributed by atoms with Crippen LogP contribution >= 0.6 is 0 Å². The van der Waals surface area contributed by atoms with Crippen LogP contribution in [0.5, 0.6) is 0 Å². The lowest BCUT2D eigenvalue weighted by atomic mass is 10.4. The smallest absolute Gasteiger partial charge is 0.173 e. The molecule has 0 aromatic rings. The Kier molecular flexibility index (Phi) is 5.90. The molecule has 4 nitrogen and oxygen atoms in total. The van der Waals surface area contributed by atoms with E-state index in [1.165, 1.54) is 7.11 Å². The summed E-state index contributed by atoms with van der Waals surface area (Å²) in [5, 5.41) is 0. The highest BCUT2D eigenvalue weighted by Gasteiger charge is 2.15. The van der Waals surface area contributed by atoms with Crippen molar-refractivity contribution in [1.29, 1.82) is 0 Å². The number of ketones is 1. The summed E-state index contributed by atoms with van der Waals surface area (Å²) >= 11 is 0. The van der Waals surface area contributed by atoms with Gasteiger partial charge in [-0.05, 0) is 6.42 Å². The van der Waals surface area contributed by atoms with Crippen LogP contribution in [0.1, 0.15) is 19.8 Å². The van der Waals surface area contributed by atoms with Crippen LogP contribution in [0, 0.1) is 0 Å². The van der Waals surface area contributed by atoms with Crippen molar-refractivity contribution in [2.75, 3.05) is 25.2 Å². The van der Waals surface area contributed by atoms with Crippen molar-refractivity contribution in [2.24, 2.45) is 0 Å². The van der Waals surface area contributed by atoms with Gasteiger partial charge in [0, 0.05) is 7.11 Å². The van der Waals surface area contributed by atoms with Gasteiger partial charge in [-0.3, -0.25) is 4.79 Å². The Morgan fingerprint density at radius 1 is 1.38 bits per heavy atom. The van der Waals surface area contributed by atoms with E-state index in [4.69, 9.17) is 0 Å². The van der Waals surface area contributed by atoms with Gasteiger partial charge in [0.25, 0.3) is 0 Å². The first-order chi connectivity index (χ1) is 6.02. The third-order valence-electron chi connectivity index (χ3n) is 1.50. The Hall–Kier alpha value is -0.420. The van der Waals surface area contributed by atoms with Crippen molar-refractivity contribution in [3.8, 4) is 0 Å². The average Bonchev–Trinajstić information content (AvgIpc) is 2.00. The SMILES string of the molecule is CCCCS(=O)(=O)CC(=O)COC. The van der Waals surface area contributed by atoms with Crippen LogP contribution in [0.4, 0.5) is 0 Å². The van der Waals surface area contributed by atoms with Crippen molar-refractivity contribution in [3.05, 3.63) is 0 Å². The second kappa shape index (κ2) is 6.10. The third kappa shape index (κ3) is 6.72. The number of methoxy groups -OCH3 is 1. The van der Waals surface area contributed by atoms with E-state index in [2.05, 4.69) is 4.74 Å². The summed E-state index contributed by atoms with van der Waals surface area (Å²) in [5.41, 5.74) is 0. The topological polar surface area (TPSA) is 60.4 Å². The van der Waals surface area contributed by atoms with Crippen molar-refractivity contribution in [3.63, 3.8) is 0 Å². The van der Waals surface area contributed by atoms with Gasteiger partial charge >= 0.3 is 0 Å². The fourth-order valence-corrected chi connectivity index (χ4v) is 2.33. The molecule has 5 heteroatoms. The predicted octanol–water partition coefficient (Wildman–Crippen LogP) is 0.417. The third-order valence-corrected chi connectivity index (χ3v) is 3.17. The van der Waals surface area contributed by atoms with E-state index in [9.17, 15) is 13.2 Å². The Morgan fingerprint density at radius 3 is 2.46 bits per heavy atom. The maximum atomic E-state index is 11.2. The second-order valence-corrected chi connectivity index (χ2v) is 5.10. The highest BCUT2D eigenvalue weighted by molar-refractivity contribution is 7.92. The molecule has 0 aromatic heterocycles. The number of hydrogen-bond donors (Lipinski definition) is 0. The number of unbranched alkanes of at least 4 members (excludes halogenated alkanes) is 1. The highest BCUT2D eigenvalue weighted by Crippen LogP contribution is 1.97. The number of hydrogen-bond acceptors (Lipinski definition) is 4. The van der Waals surface area contributed by atoms with Crippen molar-refractivity contribution in [2.45, 2.75) is 19.8 Å². The van der Waals surface area contributed by atoms with Crippen molar-refractivity contribution < 1.29 is 17.9 Å².